The average Bonchev–Trinajstić information content (AvgIpc) is 2.67. The molecule has 2 aromatic carbocycles. The van der Waals surface area contributed by atoms with Gasteiger partial charge in [0.2, 0.25) is 5.91 Å². The third kappa shape index (κ3) is 4.37. The molecule has 3 nitrogen and oxygen atoms in total. The van der Waals surface area contributed by atoms with Crippen molar-refractivity contribution in [1.29, 1.82) is 0 Å². The molecule has 4 heteroatoms. The van der Waals surface area contributed by atoms with Gasteiger partial charge in [-0.05, 0) is 23.1 Å². The van der Waals surface area contributed by atoms with E-state index in [-0.39, 0.29) is 11.3 Å². The number of morpholine rings is 1. The van der Waals surface area contributed by atoms with Crippen molar-refractivity contribution in [2.24, 2.45) is 0 Å². The summed E-state index contributed by atoms with van der Waals surface area (Å²) in [5.41, 5.74) is 3.43. The summed E-state index contributed by atoms with van der Waals surface area (Å²) in [6, 6.07) is 18.5. The molecule has 0 aliphatic carbocycles. The number of halogens is 1. The fraction of sp³-hybridized carbons (Fsp3) is 0.350. The first-order valence-electron chi connectivity index (χ1n) is 8.39. The summed E-state index contributed by atoms with van der Waals surface area (Å²) in [6.07, 6.45) is 1.14. The highest BCUT2D eigenvalue weighted by molar-refractivity contribution is 6.20. The van der Waals surface area contributed by atoms with Gasteiger partial charge in [-0.3, -0.25) is 4.79 Å². The number of carbonyl (C=O) groups is 1. The second-order valence-corrected chi connectivity index (χ2v) is 6.51. The molecule has 2 aromatic rings. The number of hydrogen-bond donors (Lipinski definition) is 0. The highest BCUT2D eigenvalue weighted by atomic mass is 35.5. The van der Waals surface area contributed by atoms with Gasteiger partial charge in [0.25, 0.3) is 0 Å². The van der Waals surface area contributed by atoms with E-state index in [1.54, 1.807) is 0 Å². The molecule has 1 unspecified atom stereocenters. The Balaban J connectivity index is 1.55. The number of amides is 1. The summed E-state index contributed by atoms with van der Waals surface area (Å²) in [4.78, 5) is 14.1. The molecule has 1 saturated heterocycles. The third-order valence-electron chi connectivity index (χ3n) is 4.35. The first kappa shape index (κ1) is 17.0. The Labute approximate surface area is 148 Å². The molecule has 1 aliphatic heterocycles. The van der Waals surface area contributed by atoms with Crippen LogP contribution in [-0.2, 0) is 9.53 Å². The molecule has 1 amide bonds. The van der Waals surface area contributed by atoms with E-state index < -0.39 is 0 Å². The average molecular weight is 344 g/mol. The van der Waals surface area contributed by atoms with E-state index in [1.807, 2.05) is 23.1 Å². The van der Waals surface area contributed by atoms with Gasteiger partial charge >= 0.3 is 0 Å². The van der Waals surface area contributed by atoms with Gasteiger partial charge in [-0.15, -0.1) is 11.6 Å². The number of alkyl halides is 1. The summed E-state index contributed by atoms with van der Waals surface area (Å²) in [6.45, 7) is 2.66. The van der Waals surface area contributed by atoms with Gasteiger partial charge in [-0.25, -0.2) is 0 Å². The maximum Gasteiger partial charge on any atom is 0.222 e. The first-order chi connectivity index (χ1) is 11.7. The monoisotopic (exact) mass is 343 g/mol. The van der Waals surface area contributed by atoms with Gasteiger partial charge in [0.15, 0.2) is 0 Å². The maximum absolute atomic E-state index is 12.2. The summed E-state index contributed by atoms with van der Waals surface area (Å²) >= 11 is 6.49. The van der Waals surface area contributed by atoms with E-state index in [1.165, 1.54) is 11.1 Å². The van der Waals surface area contributed by atoms with Crippen LogP contribution in [0.2, 0.25) is 0 Å². The van der Waals surface area contributed by atoms with Crippen LogP contribution < -0.4 is 0 Å². The van der Waals surface area contributed by atoms with Crippen LogP contribution in [0.15, 0.2) is 54.6 Å². The third-order valence-corrected chi connectivity index (χ3v) is 4.83. The SMILES string of the molecule is O=C(CCC(Cl)c1ccc(-c2ccccc2)cc1)N1CCOCC1. The highest BCUT2D eigenvalue weighted by Gasteiger charge is 2.18. The number of benzene rings is 2. The zero-order valence-corrected chi connectivity index (χ0v) is 14.4. The Morgan fingerprint density at radius 2 is 1.62 bits per heavy atom. The van der Waals surface area contributed by atoms with Gasteiger partial charge in [0.1, 0.15) is 0 Å². The minimum atomic E-state index is -0.139. The number of nitrogens with zero attached hydrogens (tertiary/aromatic N) is 1. The first-order valence-corrected chi connectivity index (χ1v) is 8.82. The van der Waals surface area contributed by atoms with Crippen molar-refractivity contribution < 1.29 is 9.53 Å². The van der Waals surface area contributed by atoms with E-state index in [0.717, 1.165) is 5.56 Å². The Morgan fingerprint density at radius 3 is 2.29 bits per heavy atom. The Bertz CT molecular complexity index is 651. The molecule has 0 N–H and O–H groups in total. The molecular formula is C20H22ClNO2. The van der Waals surface area contributed by atoms with Crippen molar-refractivity contribution in [3.63, 3.8) is 0 Å². The van der Waals surface area contributed by atoms with E-state index in [9.17, 15) is 4.79 Å². The molecule has 0 bridgehead atoms. The van der Waals surface area contributed by atoms with Crippen LogP contribution in [0, 0.1) is 0 Å². The van der Waals surface area contributed by atoms with Crippen molar-refractivity contribution in [2.45, 2.75) is 18.2 Å². The van der Waals surface area contributed by atoms with Crippen LogP contribution >= 0.6 is 11.6 Å². The minimum absolute atomic E-state index is 0.139. The van der Waals surface area contributed by atoms with Gasteiger partial charge in [-0.1, -0.05) is 54.6 Å². The van der Waals surface area contributed by atoms with Crippen LogP contribution in [0.5, 0.6) is 0 Å². The quantitative estimate of drug-likeness (QED) is 0.759. The Morgan fingerprint density at radius 1 is 1.00 bits per heavy atom. The lowest BCUT2D eigenvalue weighted by Gasteiger charge is -2.27. The van der Waals surface area contributed by atoms with Gasteiger partial charge < -0.3 is 9.64 Å². The topological polar surface area (TPSA) is 29.5 Å². The zero-order chi connectivity index (χ0) is 16.8. The van der Waals surface area contributed by atoms with Crippen molar-refractivity contribution >= 4 is 17.5 Å². The van der Waals surface area contributed by atoms with Gasteiger partial charge in [0.05, 0.1) is 18.6 Å². The highest BCUT2D eigenvalue weighted by Crippen LogP contribution is 2.28. The van der Waals surface area contributed by atoms with Crippen LogP contribution in [0.25, 0.3) is 11.1 Å². The van der Waals surface area contributed by atoms with Crippen molar-refractivity contribution in [3.8, 4) is 11.1 Å². The molecular weight excluding hydrogens is 322 g/mol. The van der Waals surface area contributed by atoms with Crippen LogP contribution in [0.1, 0.15) is 23.8 Å². The second-order valence-electron chi connectivity index (χ2n) is 5.99. The van der Waals surface area contributed by atoms with Crippen molar-refractivity contribution in [2.75, 3.05) is 26.3 Å². The van der Waals surface area contributed by atoms with Crippen molar-refractivity contribution in [3.05, 3.63) is 60.2 Å². The molecule has 0 saturated carbocycles. The molecule has 126 valence electrons. The largest absolute Gasteiger partial charge is 0.378 e. The van der Waals surface area contributed by atoms with Crippen LogP contribution in [0.3, 0.4) is 0 Å². The number of hydrogen-bond acceptors (Lipinski definition) is 2. The summed E-state index contributed by atoms with van der Waals surface area (Å²) in [5, 5.41) is -0.139. The van der Waals surface area contributed by atoms with E-state index in [0.29, 0.717) is 39.1 Å². The van der Waals surface area contributed by atoms with Gasteiger partial charge in [0, 0.05) is 19.5 Å². The van der Waals surface area contributed by atoms with Gasteiger partial charge in [-0.2, -0.15) is 0 Å². The molecule has 24 heavy (non-hydrogen) atoms. The normalized spacial score (nSPS) is 16.0. The molecule has 0 radical (unpaired) electrons. The summed E-state index contributed by atoms with van der Waals surface area (Å²) in [5.74, 6) is 0.171. The molecule has 1 aliphatic rings. The number of ether oxygens (including phenoxy) is 1. The zero-order valence-electron chi connectivity index (χ0n) is 13.7. The van der Waals surface area contributed by atoms with E-state index >= 15 is 0 Å². The fourth-order valence-corrected chi connectivity index (χ4v) is 3.16. The Kier molecular flexibility index (Phi) is 5.89. The smallest absolute Gasteiger partial charge is 0.222 e. The predicted octanol–water partition coefficient (Wildman–Crippen LogP) is 4.27. The lowest BCUT2D eigenvalue weighted by Crippen LogP contribution is -2.40. The molecule has 0 spiro atoms. The lowest BCUT2D eigenvalue weighted by atomic mass is 10.0. The molecule has 1 atom stereocenters. The van der Waals surface area contributed by atoms with E-state index in [2.05, 4.69) is 36.4 Å². The molecule has 3 rings (SSSR count). The molecule has 1 heterocycles. The maximum atomic E-state index is 12.2. The summed E-state index contributed by atoms with van der Waals surface area (Å²) in [7, 11) is 0. The predicted molar refractivity (Wildman–Crippen MR) is 97.1 cm³/mol. The molecule has 0 aromatic heterocycles. The number of rotatable bonds is 5. The standard InChI is InChI=1S/C20H22ClNO2/c21-19(10-11-20(23)22-12-14-24-15-13-22)18-8-6-17(7-9-18)16-4-2-1-3-5-16/h1-9,19H,10-15H2. The molecule has 1 fully saturated rings. The Hall–Kier alpha value is -1.84. The minimum Gasteiger partial charge on any atom is -0.378 e. The van der Waals surface area contributed by atoms with Crippen LogP contribution in [-0.4, -0.2) is 37.1 Å². The van der Waals surface area contributed by atoms with E-state index in [4.69, 9.17) is 16.3 Å². The van der Waals surface area contributed by atoms with Crippen LogP contribution in [0.4, 0.5) is 0 Å². The van der Waals surface area contributed by atoms with Crippen molar-refractivity contribution in [1.82, 2.24) is 4.90 Å². The lowest BCUT2D eigenvalue weighted by molar-refractivity contribution is -0.135. The second kappa shape index (κ2) is 8.32. The summed E-state index contributed by atoms with van der Waals surface area (Å²) < 4.78 is 5.27. The number of carbonyl (C=O) groups excluding carboxylic acids is 1. The fourth-order valence-electron chi connectivity index (χ4n) is 2.90.